The molecular weight excluding hydrogens is 245 g/mol. The molecule has 0 heterocycles. The van der Waals surface area contributed by atoms with Crippen molar-refractivity contribution < 1.29 is 14.2 Å². The summed E-state index contributed by atoms with van der Waals surface area (Å²) in [6.07, 6.45) is -1.01. The van der Waals surface area contributed by atoms with Gasteiger partial charge in [0.05, 0.1) is 6.10 Å². The van der Waals surface area contributed by atoms with E-state index in [1.165, 1.54) is 18.2 Å². The van der Waals surface area contributed by atoms with Gasteiger partial charge >= 0.3 is 0 Å². The second-order valence-corrected chi connectivity index (χ2v) is 4.21. The molecule has 1 atom stereocenters. The number of benzene rings is 2. The van der Waals surface area contributed by atoms with Crippen molar-refractivity contribution in [3.05, 3.63) is 65.5 Å². The molecule has 19 heavy (non-hydrogen) atoms. The van der Waals surface area contributed by atoms with Gasteiger partial charge in [0.2, 0.25) is 0 Å². The molecule has 1 unspecified atom stereocenters. The number of halogens is 1. The lowest BCUT2D eigenvalue weighted by atomic mass is 10.1. The number of hydrogen-bond donors (Lipinski definition) is 2. The van der Waals surface area contributed by atoms with Crippen LogP contribution in [0.5, 0.6) is 5.75 Å². The van der Waals surface area contributed by atoms with Crippen LogP contribution in [-0.2, 0) is 6.61 Å². The van der Waals surface area contributed by atoms with E-state index in [0.29, 0.717) is 12.4 Å². The third-order valence-corrected chi connectivity index (χ3v) is 2.80. The fourth-order valence-electron chi connectivity index (χ4n) is 1.73. The number of aliphatic hydroxyl groups is 1. The predicted molar refractivity (Wildman–Crippen MR) is 71.2 cm³/mol. The zero-order valence-electron chi connectivity index (χ0n) is 10.4. The van der Waals surface area contributed by atoms with Crippen LogP contribution in [0.15, 0.2) is 48.5 Å². The Hall–Kier alpha value is -1.91. The lowest BCUT2D eigenvalue weighted by Gasteiger charge is -2.12. The molecule has 0 aliphatic heterocycles. The van der Waals surface area contributed by atoms with Gasteiger partial charge in [0.25, 0.3) is 0 Å². The molecule has 2 rings (SSSR count). The van der Waals surface area contributed by atoms with E-state index in [2.05, 4.69) is 0 Å². The van der Waals surface area contributed by atoms with Crippen LogP contribution >= 0.6 is 0 Å². The van der Waals surface area contributed by atoms with Gasteiger partial charge in [0, 0.05) is 12.1 Å². The minimum atomic E-state index is -1.01. The van der Waals surface area contributed by atoms with Crippen molar-refractivity contribution in [2.24, 2.45) is 5.73 Å². The van der Waals surface area contributed by atoms with Crippen molar-refractivity contribution in [1.29, 1.82) is 0 Å². The first-order valence-corrected chi connectivity index (χ1v) is 6.05. The van der Waals surface area contributed by atoms with Crippen molar-refractivity contribution in [1.82, 2.24) is 0 Å². The molecule has 0 aromatic heterocycles. The molecule has 0 amide bonds. The van der Waals surface area contributed by atoms with E-state index in [9.17, 15) is 9.50 Å². The summed E-state index contributed by atoms with van der Waals surface area (Å²) in [4.78, 5) is 0. The fourth-order valence-corrected chi connectivity index (χ4v) is 1.73. The van der Waals surface area contributed by atoms with E-state index < -0.39 is 11.9 Å². The quantitative estimate of drug-likeness (QED) is 0.869. The molecule has 100 valence electrons. The first-order valence-electron chi connectivity index (χ1n) is 6.05. The molecule has 0 fully saturated rings. The SMILES string of the molecule is NCC(O)c1cc(OCc2ccccc2)ccc1F. The summed E-state index contributed by atoms with van der Waals surface area (Å²) < 4.78 is 19.1. The molecule has 0 aliphatic carbocycles. The van der Waals surface area contributed by atoms with E-state index in [4.69, 9.17) is 10.5 Å². The van der Waals surface area contributed by atoms with Crippen LogP contribution in [0.1, 0.15) is 17.2 Å². The third-order valence-electron chi connectivity index (χ3n) is 2.80. The molecule has 0 radical (unpaired) electrons. The normalized spacial score (nSPS) is 12.2. The molecule has 0 aliphatic rings. The summed E-state index contributed by atoms with van der Waals surface area (Å²) in [6.45, 7) is 0.365. The highest BCUT2D eigenvalue weighted by Gasteiger charge is 2.12. The molecule has 3 N–H and O–H groups in total. The number of nitrogens with two attached hydrogens (primary N) is 1. The molecule has 0 saturated carbocycles. The third kappa shape index (κ3) is 3.53. The maximum Gasteiger partial charge on any atom is 0.129 e. The minimum absolute atomic E-state index is 0.0287. The maximum absolute atomic E-state index is 13.5. The average Bonchev–Trinajstić information content (AvgIpc) is 2.46. The number of rotatable bonds is 5. The van der Waals surface area contributed by atoms with Crippen LogP contribution in [0.4, 0.5) is 4.39 Å². The van der Waals surface area contributed by atoms with Gasteiger partial charge in [0.1, 0.15) is 18.2 Å². The molecular formula is C15H16FNO2. The molecule has 0 saturated heterocycles. The smallest absolute Gasteiger partial charge is 0.129 e. The van der Waals surface area contributed by atoms with E-state index in [1.54, 1.807) is 0 Å². The van der Waals surface area contributed by atoms with Gasteiger partial charge in [-0.2, -0.15) is 0 Å². The van der Waals surface area contributed by atoms with Gasteiger partial charge in [0.15, 0.2) is 0 Å². The minimum Gasteiger partial charge on any atom is -0.489 e. The van der Waals surface area contributed by atoms with Crippen LogP contribution in [0, 0.1) is 5.82 Å². The summed E-state index contributed by atoms with van der Waals surface area (Å²) in [5, 5.41) is 9.60. The van der Waals surface area contributed by atoms with E-state index in [0.717, 1.165) is 5.56 Å². The highest BCUT2D eigenvalue weighted by Crippen LogP contribution is 2.22. The fraction of sp³-hybridized carbons (Fsp3) is 0.200. The highest BCUT2D eigenvalue weighted by molar-refractivity contribution is 5.31. The Labute approximate surface area is 111 Å². The molecule has 0 spiro atoms. The highest BCUT2D eigenvalue weighted by atomic mass is 19.1. The van der Waals surface area contributed by atoms with Gasteiger partial charge in [-0.1, -0.05) is 30.3 Å². The number of ether oxygens (including phenoxy) is 1. The topological polar surface area (TPSA) is 55.5 Å². The second kappa shape index (κ2) is 6.31. The summed E-state index contributed by atoms with van der Waals surface area (Å²) in [5.74, 6) is 0.0257. The Morgan fingerprint density at radius 1 is 1.16 bits per heavy atom. The predicted octanol–water partition coefficient (Wildman–Crippen LogP) is 2.40. The Balaban J connectivity index is 2.09. The number of hydrogen-bond acceptors (Lipinski definition) is 3. The first kappa shape index (κ1) is 13.5. The van der Waals surface area contributed by atoms with E-state index in [-0.39, 0.29) is 12.1 Å². The lowest BCUT2D eigenvalue weighted by molar-refractivity contribution is 0.181. The summed E-state index contributed by atoms with van der Waals surface area (Å²) in [7, 11) is 0. The lowest BCUT2D eigenvalue weighted by Crippen LogP contribution is -2.13. The first-order chi connectivity index (χ1) is 9.20. The molecule has 3 nitrogen and oxygen atoms in total. The van der Waals surface area contributed by atoms with Crippen molar-refractivity contribution in [3.63, 3.8) is 0 Å². The van der Waals surface area contributed by atoms with E-state index >= 15 is 0 Å². The van der Waals surface area contributed by atoms with Crippen molar-refractivity contribution in [2.45, 2.75) is 12.7 Å². The maximum atomic E-state index is 13.5. The van der Waals surface area contributed by atoms with Crippen LogP contribution in [0.25, 0.3) is 0 Å². The van der Waals surface area contributed by atoms with Crippen LogP contribution in [-0.4, -0.2) is 11.7 Å². The molecule has 2 aromatic carbocycles. The zero-order chi connectivity index (χ0) is 13.7. The van der Waals surface area contributed by atoms with Gasteiger partial charge < -0.3 is 15.6 Å². The zero-order valence-corrected chi connectivity index (χ0v) is 10.4. The molecule has 0 bridgehead atoms. The van der Waals surface area contributed by atoms with Crippen LogP contribution < -0.4 is 10.5 Å². The Morgan fingerprint density at radius 2 is 1.89 bits per heavy atom. The Morgan fingerprint density at radius 3 is 2.58 bits per heavy atom. The summed E-state index contributed by atoms with van der Waals surface area (Å²) in [6, 6.07) is 13.9. The van der Waals surface area contributed by atoms with Crippen molar-refractivity contribution >= 4 is 0 Å². The van der Waals surface area contributed by atoms with Crippen molar-refractivity contribution in [2.75, 3.05) is 6.54 Å². The standard InChI is InChI=1S/C15H16FNO2/c16-14-7-6-12(8-13(14)15(18)9-17)19-10-11-4-2-1-3-5-11/h1-8,15,18H,9-10,17H2. The monoisotopic (exact) mass is 261 g/mol. The van der Waals surface area contributed by atoms with Crippen LogP contribution in [0.2, 0.25) is 0 Å². The summed E-state index contributed by atoms with van der Waals surface area (Å²) >= 11 is 0. The average molecular weight is 261 g/mol. The van der Waals surface area contributed by atoms with Gasteiger partial charge in [-0.05, 0) is 23.8 Å². The van der Waals surface area contributed by atoms with Gasteiger partial charge in [-0.3, -0.25) is 0 Å². The Bertz CT molecular complexity index is 531. The number of aliphatic hydroxyl groups excluding tert-OH is 1. The Kier molecular flexibility index (Phi) is 4.49. The largest absolute Gasteiger partial charge is 0.489 e. The van der Waals surface area contributed by atoms with Crippen molar-refractivity contribution in [3.8, 4) is 5.75 Å². The molecule has 2 aromatic rings. The van der Waals surface area contributed by atoms with Gasteiger partial charge in [-0.15, -0.1) is 0 Å². The van der Waals surface area contributed by atoms with Crippen LogP contribution in [0.3, 0.4) is 0 Å². The van der Waals surface area contributed by atoms with E-state index in [1.807, 2.05) is 30.3 Å². The second-order valence-electron chi connectivity index (χ2n) is 4.21. The molecule has 4 heteroatoms. The summed E-state index contributed by atoms with van der Waals surface area (Å²) in [5.41, 5.74) is 6.51. The van der Waals surface area contributed by atoms with Gasteiger partial charge in [-0.25, -0.2) is 4.39 Å².